The minimum atomic E-state index is 0.623. The number of rotatable bonds is 1. The monoisotopic (exact) mass is 229 g/mol. The molecule has 2 rings (SSSR count). The van der Waals surface area contributed by atoms with Crippen molar-refractivity contribution in [1.82, 2.24) is 5.32 Å². The summed E-state index contributed by atoms with van der Waals surface area (Å²) in [4.78, 5) is 0. The Hall–Kier alpha value is -0.280. The van der Waals surface area contributed by atoms with E-state index in [1.54, 1.807) is 0 Å². The lowest BCUT2D eigenvalue weighted by atomic mass is 9.96. The molecule has 0 unspecified atom stereocenters. The van der Waals surface area contributed by atoms with Crippen LogP contribution in [0, 0.1) is 0 Å². The van der Waals surface area contributed by atoms with Crippen LogP contribution in [0.5, 0.6) is 0 Å². The highest BCUT2D eigenvalue weighted by Crippen LogP contribution is 2.28. The van der Waals surface area contributed by atoms with E-state index < -0.39 is 0 Å². The van der Waals surface area contributed by atoms with Gasteiger partial charge in [0.2, 0.25) is 0 Å². The van der Waals surface area contributed by atoms with Crippen LogP contribution in [-0.2, 0) is 0 Å². The summed E-state index contributed by atoms with van der Waals surface area (Å²) in [6.45, 7) is 2.23. The summed E-state index contributed by atoms with van der Waals surface area (Å²) in [6.07, 6.45) is 2.39. The van der Waals surface area contributed by atoms with E-state index in [0.29, 0.717) is 5.92 Å². The molecule has 12 heavy (non-hydrogen) atoms. The van der Waals surface area contributed by atoms with Gasteiger partial charge in [0.1, 0.15) is 5.76 Å². The summed E-state index contributed by atoms with van der Waals surface area (Å²) < 4.78 is 6.36. The molecule has 0 amide bonds. The van der Waals surface area contributed by atoms with Gasteiger partial charge in [-0.2, -0.15) is 0 Å². The molecule has 3 heteroatoms. The third-order valence-electron chi connectivity index (χ3n) is 2.34. The lowest BCUT2D eigenvalue weighted by Crippen LogP contribution is -2.26. The molecule has 0 aliphatic carbocycles. The van der Waals surface area contributed by atoms with Crippen molar-refractivity contribution in [3.63, 3.8) is 0 Å². The fourth-order valence-electron chi connectivity index (χ4n) is 1.65. The Morgan fingerprint density at radius 2 is 2.08 bits per heavy atom. The van der Waals surface area contributed by atoms with E-state index in [4.69, 9.17) is 4.42 Å². The highest BCUT2D eigenvalue weighted by Gasteiger charge is 2.17. The third-order valence-corrected chi connectivity index (χ3v) is 2.76. The van der Waals surface area contributed by atoms with Crippen LogP contribution >= 0.6 is 15.9 Å². The molecule has 0 spiro atoms. The predicted molar refractivity (Wildman–Crippen MR) is 51.3 cm³/mol. The topological polar surface area (TPSA) is 25.2 Å². The molecule has 1 fully saturated rings. The Labute approximate surface area is 80.5 Å². The van der Waals surface area contributed by atoms with Gasteiger partial charge in [-0.05, 0) is 54.0 Å². The average Bonchev–Trinajstić information content (AvgIpc) is 2.54. The first-order chi connectivity index (χ1) is 5.86. The molecule has 1 N–H and O–H groups in total. The van der Waals surface area contributed by atoms with Crippen LogP contribution in [0.25, 0.3) is 0 Å². The average molecular weight is 230 g/mol. The summed E-state index contributed by atoms with van der Waals surface area (Å²) in [6, 6.07) is 4.04. The SMILES string of the molecule is Brc1ccc(C2CCNCC2)o1. The number of nitrogens with one attached hydrogen (secondary N) is 1. The Morgan fingerprint density at radius 3 is 2.67 bits per heavy atom. The van der Waals surface area contributed by atoms with E-state index in [0.717, 1.165) is 23.5 Å². The van der Waals surface area contributed by atoms with Gasteiger partial charge in [-0.1, -0.05) is 0 Å². The van der Waals surface area contributed by atoms with Gasteiger partial charge in [0.05, 0.1) is 0 Å². The molecule has 1 aliphatic rings. The van der Waals surface area contributed by atoms with Crippen molar-refractivity contribution in [3.8, 4) is 0 Å². The normalized spacial score (nSPS) is 19.8. The van der Waals surface area contributed by atoms with E-state index in [-0.39, 0.29) is 0 Å². The quantitative estimate of drug-likeness (QED) is 0.801. The molecule has 0 atom stereocenters. The van der Waals surface area contributed by atoms with Crippen molar-refractivity contribution in [2.45, 2.75) is 18.8 Å². The summed E-state index contributed by atoms with van der Waals surface area (Å²) in [5.41, 5.74) is 0. The van der Waals surface area contributed by atoms with Crippen LogP contribution < -0.4 is 5.32 Å². The van der Waals surface area contributed by atoms with Gasteiger partial charge in [0, 0.05) is 5.92 Å². The van der Waals surface area contributed by atoms with Crippen LogP contribution in [0.1, 0.15) is 24.5 Å². The van der Waals surface area contributed by atoms with Gasteiger partial charge in [-0.25, -0.2) is 0 Å². The summed E-state index contributed by atoms with van der Waals surface area (Å²) in [5.74, 6) is 1.75. The van der Waals surface area contributed by atoms with Gasteiger partial charge in [0.25, 0.3) is 0 Å². The Balaban J connectivity index is 2.08. The Bertz CT molecular complexity index is 253. The van der Waals surface area contributed by atoms with E-state index in [1.165, 1.54) is 12.8 Å². The second kappa shape index (κ2) is 3.62. The maximum absolute atomic E-state index is 5.51. The Kier molecular flexibility index (Phi) is 2.51. The van der Waals surface area contributed by atoms with Crippen molar-refractivity contribution in [3.05, 3.63) is 22.6 Å². The largest absolute Gasteiger partial charge is 0.454 e. The molecule has 0 bridgehead atoms. The smallest absolute Gasteiger partial charge is 0.169 e. The number of hydrogen-bond acceptors (Lipinski definition) is 2. The van der Waals surface area contributed by atoms with Crippen LogP contribution in [0.2, 0.25) is 0 Å². The molecule has 2 nitrogen and oxygen atoms in total. The molecule has 2 heterocycles. The fraction of sp³-hybridized carbons (Fsp3) is 0.556. The fourth-order valence-corrected chi connectivity index (χ4v) is 1.97. The van der Waals surface area contributed by atoms with Crippen LogP contribution in [-0.4, -0.2) is 13.1 Å². The van der Waals surface area contributed by atoms with Crippen molar-refractivity contribution in [1.29, 1.82) is 0 Å². The molecule has 66 valence electrons. The van der Waals surface area contributed by atoms with Crippen LogP contribution in [0.15, 0.2) is 21.2 Å². The summed E-state index contributed by atoms with van der Waals surface area (Å²) >= 11 is 3.32. The molecule has 0 aromatic carbocycles. The molecular weight excluding hydrogens is 218 g/mol. The lowest BCUT2D eigenvalue weighted by molar-refractivity contribution is 0.378. The van der Waals surface area contributed by atoms with Crippen molar-refractivity contribution in [2.75, 3.05) is 13.1 Å². The van der Waals surface area contributed by atoms with Crippen molar-refractivity contribution < 1.29 is 4.42 Å². The zero-order valence-electron chi connectivity index (χ0n) is 6.85. The minimum Gasteiger partial charge on any atom is -0.454 e. The molecule has 1 saturated heterocycles. The number of piperidine rings is 1. The highest BCUT2D eigenvalue weighted by molar-refractivity contribution is 9.10. The highest BCUT2D eigenvalue weighted by atomic mass is 79.9. The molecule has 1 aromatic rings. The number of furan rings is 1. The van der Waals surface area contributed by atoms with Crippen molar-refractivity contribution >= 4 is 15.9 Å². The Morgan fingerprint density at radius 1 is 1.33 bits per heavy atom. The van der Waals surface area contributed by atoms with E-state index in [9.17, 15) is 0 Å². The first kappa shape index (κ1) is 8.32. The predicted octanol–water partition coefficient (Wildman–Crippen LogP) is 2.51. The zero-order chi connectivity index (χ0) is 8.39. The van der Waals surface area contributed by atoms with Crippen molar-refractivity contribution in [2.24, 2.45) is 0 Å². The van der Waals surface area contributed by atoms with Gasteiger partial charge in [-0.15, -0.1) is 0 Å². The van der Waals surface area contributed by atoms with Gasteiger partial charge in [-0.3, -0.25) is 0 Å². The standard InChI is InChI=1S/C9H12BrNO/c10-9-2-1-8(12-9)7-3-5-11-6-4-7/h1-2,7,11H,3-6H2. The molecule has 0 saturated carbocycles. The number of halogens is 1. The minimum absolute atomic E-state index is 0.623. The molecular formula is C9H12BrNO. The van der Waals surface area contributed by atoms with E-state index in [1.807, 2.05) is 6.07 Å². The third kappa shape index (κ3) is 1.72. The molecule has 1 aromatic heterocycles. The van der Waals surface area contributed by atoms with Crippen LogP contribution in [0.3, 0.4) is 0 Å². The first-order valence-electron chi connectivity index (χ1n) is 4.32. The summed E-state index contributed by atoms with van der Waals surface area (Å²) in [5, 5.41) is 3.34. The lowest BCUT2D eigenvalue weighted by Gasteiger charge is -2.20. The first-order valence-corrected chi connectivity index (χ1v) is 5.11. The molecule has 1 aliphatic heterocycles. The molecule has 0 radical (unpaired) electrons. The van der Waals surface area contributed by atoms with Crippen LogP contribution in [0.4, 0.5) is 0 Å². The van der Waals surface area contributed by atoms with E-state index >= 15 is 0 Å². The zero-order valence-corrected chi connectivity index (χ0v) is 8.43. The number of hydrogen-bond donors (Lipinski definition) is 1. The maximum atomic E-state index is 5.51. The maximum Gasteiger partial charge on any atom is 0.169 e. The second-order valence-corrected chi connectivity index (χ2v) is 3.95. The van der Waals surface area contributed by atoms with Gasteiger partial charge < -0.3 is 9.73 Å². The second-order valence-electron chi connectivity index (χ2n) is 3.17. The van der Waals surface area contributed by atoms with Gasteiger partial charge in [0.15, 0.2) is 4.67 Å². The summed E-state index contributed by atoms with van der Waals surface area (Å²) in [7, 11) is 0. The van der Waals surface area contributed by atoms with Gasteiger partial charge >= 0.3 is 0 Å². The van der Waals surface area contributed by atoms with E-state index in [2.05, 4.69) is 27.3 Å².